The van der Waals surface area contributed by atoms with Crippen LogP contribution in [0.3, 0.4) is 0 Å². The Balaban J connectivity index is 1.78. The minimum absolute atomic E-state index is 0.0306. The van der Waals surface area contributed by atoms with Gasteiger partial charge in [-0.2, -0.15) is 0 Å². The van der Waals surface area contributed by atoms with Gasteiger partial charge >= 0.3 is 6.09 Å². The normalized spacial score (nSPS) is 19.7. The molecule has 1 heterocycles. The number of alkyl carbamates (subject to hydrolysis) is 1. The van der Waals surface area contributed by atoms with Gasteiger partial charge in [0, 0.05) is 55.1 Å². The summed E-state index contributed by atoms with van der Waals surface area (Å²) in [4.78, 5) is 41.8. The van der Waals surface area contributed by atoms with E-state index in [9.17, 15) is 14.4 Å². The first-order valence-electron chi connectivity index (χ1n) is 12.7. The molecule has 0 saturated carbocycles. The Morgan fingerprint density at radius 3 is 1.86 bits per heavy atom. The van der Waals surface area contributed by atoms with Crippen molar-refractivity contribution in [3.05, 3.63) is 107 Å². The van der Waals surface area contributed by atoms with Crippen LogP contribution in [0.15, 0.2) is 78.9 Å². The fraction of sp³-hybridized carbons (Fsp3) is 0.323. The summed E-state index contributed by atoms with van der Waals surface area (Å²) in [5.74, 6) is -1.06. The number of amides is 1. The number of likely N-dealkylation sites (tertiary alicyclic amines) is 1. The molecule has 0 aromatic heterocycles. The van der Waals surface area contributed by atoms with E-state index in [1.165, 1.54) is 7.11 Å². The number of benzene rings is 3. The summed E-state index contributed by atoms with van der Waals surface area (Å²) in [6.07, 6.45) is -0.501. The van der Waals surface area contributed by atoms with Crippen molar-refractivity contribution >= 4 is 17.7 Å². The van der Waals surface area contributed by atoms with Gasteiger partial charge in [-0.1, -0.05) is 78.9 Å². The van der Waals surface area contributed by atoms with Gasteiger partial charge in [-0.05, 0) is 30.5 Å². The summed E-state index contributed by atoms with van der Waals surface area (Å²) >= 11 is 0. The van der Waals surface area contributed by atoms with E-state index in [1.54, 1.807) is 0 Å². The summed E-state index contributed by atoms with van der Waals surface area (Å²) in [7, 11) is 1.33. The monoisotopic (exact) mass is 498 g/mol. The van der Waals surface area contributed by atoms with E-state index in [1.807, 2.05) is 66.7 Å². The molecule has 1 N–H and O–H groups in total. The van der Waals surface area contributed by atoms with Crippen molar-refractivity contribution in [3.63, 3.8) is 0 Å². The van der Waals surface area contributed by atoms with Crippen molar-refractivity contribution in [2.24, 2.45) is 11.8 Å². The fourth-order valence-electron chi connectivity index (χ4n) is 5.40. The summed E-state index contributed by atoms with van der Waals surface area (Å²) in [6.45, 7) is 5.99. The Kier molecular flexibility index (Phi) is 8.51. The number of carbonyl (C=O) groups is 3. The smallest absolute Gasteiger partial charge is 0.406 e. The van der Waals surface area contributed by atoms with Crippen molar-refractivity contribution < 1.29 is 19.1 Å². The summed E-state index contributed by atoms with van der Waals surface area (Å²) < 4.78 is 4.70. The number of aryl methyl sites for hydroxylation is 1. The number of Topliss-reactive ketones (excluding diaryl/α,β-unsaturated/α-hetero) is 2. The third-order valence-corrected chi connectivity index (χ3v) is 7.46. The first-order chi connectivity index (χ1) is 17.9. The number of piperidine rings is 1. The Morgan fingerprint density at radius 1 is 0.811 bits per heavy atom. The predicted molar refractivity (Wildman–Crippen MR) is 144 cm³/mol. The maximum atomic E-state index is 14.0. The molecule has 3 aromatic rings. The van der Waals surface area contributed by atoms with Crippen molar-refractivity contribution in [2.45, 2.75) is 19.8 Å². The molecule has 0 radical (unpaired) electrons. The molecule has 1 aliphatic rings. The molecule has 4 rings (SSSR count). The zero-order valence-electron chi connectivity index (χ0n) is 21.6. The summed E-state index contributed by atoms with van der Waals surface area (Å²) in [6, 6.07) is 24.8. The molecule has 3 aromatic carbocycles. The lowest BCUT2D eigenvalue weighted by molar-refractivity contribution is 0.0572. The zero-order valence-corrected chi connectivity index (χ0v) is 21.6. The van der Waals surface area contributed by atoms with Gasteiger partial charge in [0.2, 0.25) is 0 Å². The van der Waals surface area contributed by atoms with Crippen LogP contribution in [0.25, 0.3) is 0 Å². The molecule has 1 aliphatic heterocycles. The van der Waals surface area contributed by atoms with E-state index in [0.717, 1.165) is 16.7 Å². The summed E-state index contributed by atoms with van der Waals surface area (Å²) in [5, 5.41) is 2.72. The lowest BCUT2D eigenvalue weighted by Crippen LogP contribution is -2.52. The van der Waals surface area contributed by atoms with Crippen LogP contribution in [0, 0.1) is 25.7 Å². The maximum absolute atomic E-state index is 14.0. The number of methoxy groups -OCH3 is 1. The molecule has 37 heavy (non-hydrogen) atoms. The molecule has 192 valence electrons. The predicted octanol–water partition coefficient (Wildman–Crippen LogP) is 5.06. The third kappa shape index (κ3) is 5.97. The number of nitrogens with one attached hydrogen (secondary N) is 1. The van der Waals surface area contributed by atoms with Crippen LogP contribution in [0.1, 0.15) is 43.3 Å². The van der Waals surface area contributed by atoms with Crippen LogP contribution < -0.4 is 5.32 Å². The van der Waals surface area contributed by atoms with Crippen LogP contribution in [-0.4, -0.2) is 55.8 Å². The van der Waals surface area contributed by atoms with Crippen molar-refractivity contribution in [3.8, 4) is 0 Å². The van der Waals surface area contributed by atoms with Gasteiger partial charge in [0.05, 0.1) is 7.11 Å². The van der Waals surface area contributed by atoms with Gasteiger partial charge in [0.1, 0.15) is 0 Å². The Morgan fingerprint density at radius 2 is 1.35 bits per heavy atom. The average molecular weight is 499 g/mol. The molecule has 6 heteroatoms. The molecule has 0 spiro atoms. The van der Waals surface area contributed by atoms with Gasteiger partial charge < -0.3 is 15.0 Å². The number of hydrogen-bond acceptors (Lipinski definition) is 5. The van der Waals surface area contributed by atoms with Crippen molar-refractivity contribution in [2.75, 3.05) is 33.3 Å². The quantitative estimate of drug-likeness (QED) is 0.440. The van der Waals surface area contributed by atoms with Crippen LogP contribution in [-0.2, 0) is 4.74 Å². The van der Waals surface area contributed by atoms with Crippen LogP contribution in [0.5, 0.6) is 0 Å². The lowest BCUT2D eigenvalue weighted by atomic mass is 9.67. The van der Waals surface area contributed by atoms with Crippen LogP contribution >= 0.6 is 0 Å². The Hall–Kier alpha value is -3.77. The van der Waals surface area contributed by atoms with Gasteiger partial charge in [-0.3, -0.25) is 9.59 Å². The SMILES string of the molecule is COC(=O)NCCN1CC(C(=O)c2ccccc2)C(c2cccc(C)c2C)C(C(=O)c2ccccc2)C1. The number of ketones is 2. The zero-order chi connectivity index (χ0) is 26.4. The highest BCUT2D eigenvalue weighted by Gasteiger charge is 2.45. The fourth-order valence-corrected chi connectivity index (χ4v) is 5.40. The molecular weight excluding hydrogens is 464 g/mol. The number of nitrogens with zero attached hydrogens (tertiary/aromatic N) is 1. The molecule has 0 bridgehead atoms. The molecule has 6 nitrogen and oxygen atoms in total. The van der Waals surface area contributed by atoms with Gasteiger partial charge in [0.25, 0.3) is 0 Å². The molecule has 1 fully saturated rings. The largest absolute Gasteiger partial charge is 0.453 e. The minimum Gasteiger partial charge on any atom is -0.453 e. The minimum atomic E-state index is -0.501. The van der Waals surface area contributed by atoms with Gasteiger partial charge in [-0.15, -0.1) is 0 Å². The van der Waals surface area contributed by atoms with E-state index in [4.69, 9.17) is 4.74 Å². The lowest BCUT2D eigenvalue weighted by Gasteiger charge is -2.43. The first-order valence-corrected chi connectivity index (χ1v) is 12.7. The highest BCUT2D eigenvalue weighted by Crippen LogP contribution is 2.42. The summed E-state index contributed by atoms with van der Waals surface area (Å²) in [5.41, 5.74) is 4.59. The first kappa shape index (κ1) is 26.3. The number of hydrogen-bond donors (Lipinski definition) is 1. The van der Waals surface area contributed by atoms with Crippen molar-refractivity contribution in [1.29, 1.82) is 0 Å². The molecule has 2 atom stereocenters. The molecule has 2 unspecified atom stereocenters. The second-order valence-corrected chi connectivity index (χ2v) is 9.67. The second kappa shape index (κ2) is 12.0. The molecule has 1 amide bonds. The van der Waals surface area contributed by atoms with E-state index < -0.39 is 17.9 Å². The molecule has 0 aliphatic carbocycles. The standard InChI is InChI=1S/C31H34N2O4/c1-21-11-10-16-25(22(21)2)28-26(29(34)23-12-6-4-7-13-23)19-33(18-17-32-31(36)37-3)20-27(28)30(35)24-14-8-5-9-15-24/h4-16,26-28H,17-20H2,1-3H3,(H,32,36). The second-order valence-electron chi connectivity index (χ2n) is 9.67. The van der Waals surface area contributed by atoms with E-state index in [2.05, 4.69) is 36.2 Å². The third-order valence-electron chi connectivity index (χ3n) is 7.46. The van der Waals surface area contributed by atoms with Crippen LogP contribution in [0.2, 0.25) is 0 Å². The molecule has 1 saturated heterocycles. The topological polar surface area (TPSA) is 75.7 Å². The van der Waals surface area contributed by atoms with Gasteiger partial charge in [-0.25, -0.2) is 4.79 Å². The number of rotatable bonds is 8. The highest BCUT2D eigenvalue weighted by molar-refractivity contribution is 6.02. The Labute approximate surface area is 218 Å². The van der Waals surface area contributed by atoms with Crippen molar-refractivity contribution in [1.82, 2.24) is 10.2 Å². The van der Waals surface area contributed by atoms with Crippen LogP contribution in [0.4, 0.5) is 4.79 Å². The maximum Gasteiger partial charge on any atom is 0.406 e. The molecular formula is C31H34N2O4. The average Bonchev–Trinajstić information content (AvgIpc) is 2.94. The van der Waals surface area contributed by atoms with E-state index >= 15 is 0 Å². The highest BCUT2D eigenvalue weighted by atomic mass is 16.5. The van der Waals surface area contributed by atoms with Gasteiger partial charge in [0.15, 0.2) is 11.6 Å². The van der Waals surface area contributed by atoms with E-state index in [-0.39, 0.29) is 17.5 Å². The number of carbonyl (C=O) groups excluding carboxylic acids is 3. The van der Waals surface area contributed by atoms with E-state index in [0.29, 0.717) is 37.3 Å². The Bertz CT molecular complexity index is 1180. The number of ether oxygens (including phenoxy) is 1.